The van der Waals surface area contributed by atoms with E-state index < -0.39 is 5.97 Å². The first-order valence-corrected chi connectivity index (χ1v) is 9.63. The molecule has 27 heavy (non-hydrogen) atoms. The Morgan fingerprint density at radius 2 is 1.74 bits per heavy atom. The van der Waals surface area contributed by atoms with E-state index in [1.54, 1.807) is 39.0 Å². The summed E-state index contributed by atoms with van der Waals surface area (Å²) in [6, 6.07) is 6.22. The van der Waals surface area contributed by atoms with Crippen molar-refractivity contribution in [1.82, 2.24) is 0 Å². The molecule has 0 aliphatic rings. The van der Waals surface area contributed by atoms with Gasteiger partial charge in [0.15, 0.2) is 11.5 Å². The summed E-state index contributed by atoms with van der Waals surface area (Å²) in [5, 5.41) is 9.97. The van der Waals surface area contributed by atoms with E-state index in [1.165, 1.54) is 6.07 Å². The van der Waals surface area contributed by atoms with Crippen LogP contribution in [0, 0.1) is 6.92 Å². The normalized spacial score (nSPS) is 11.0. The largest absolute Gasteiger partial charge is 0.507 e. The van der Waals surface area contributed by atoms with Crippen LogP contribution in [0.5, 0.6) is 23.0 Å². The van der Waals surface area contributed by atoms with Gasteiger partial charge in [-0.25, -0.2) is 4.79 Å². The van der Waals surface area contributed by atoms with Gasteiger partial charge in [0.25, 0.3) is 0 Å². The van der Waals surface area contributed by atoms with Crippen LogP contribution in [0.15, 0.2) is 28.7 Å². The summed E-state index contributed by atoms with van der Waals surface area (Å²) in [5.41, 5.74) is 1.06. The molecular formula is C20H22BrClO5. The molecule has 0 amide bonds. The lowest BCUT2D eigenvalue weighted by Gasteiger charge is -2.19. The van der Waals surface area contributed by atoms with Crippen LogP contribution >= 0.6 is 27.5 Å². The number of phenolic OH excluding ortho intramolecular Hbond substituents is 1. The van der Waals surface area contributed by atoms with Gasteiger partial charge in [-0.3, -0.25) is 0 Å². The Balaban J connectivity index is 2.48. The number of phenols is 1. The molecule has 0 heterocycles. The monoisotopic (exact) mass is 456 g/mol. The lowest BCUT2D eigenvalue weighted by molar-refractivity contribution is 0.0377. The summed E-state index contributed by atoms with van der Waals surface area (Å²) in [5.74, 6) is 0.758. The van der Waals surface area contributed by atoms with E-state index in [-0.39, 0.29) is 23.0 Å². The molecular weight excluding hydrogens is 436 g/mol. The van der Waals surface area contributed by atoms with E-state index in [0.717, 1.165) is 0 Å². The third-order valence-electron chi connectivity index (χ3n) is 3.40. The highest BCUT2D eigenvalue weighted by atomic mass is 79.9. The molecule has 0 saturated carbocycles. The molecule has 7 heteroatoms. The second kappa shape index (κ2) is 8.85. The second-order valence-corrected chi connectivity index (χ2v) is 7.84. The van der Waals surface area contributed by atoms with E-state index >= 15 is 0 Å². The van der Waals surface area contributed by atoms with Gasteiger partial charge in [-0.2, -0.15) is 0 Å². The van der Waals surface area contributed by atoms with Crippen molar-refractivity contribution in [1.29, 1.82) is 0 Å². The quantitative estimate of drug-likeness (QED) is 0.519. The zero-order valence-electron chi connectivity index (χ0n) is 15.8. The molecule has 146 valence electrons. The average Bonchev–Trinajstić information content (AvgIpc) is 2.53. The molecule has 0 aliphatic heterocycles. The lowest BCUT2D eigenvalue weighted by Crippen LogP contribution is -2.13. The predicted octanol–water partition coefficient (Wildman–Crippen LogP) is 6.26. The maximum absolute atomic E-state index is 12.3. The third-order valence-corrected chi connectivity index (χ3v) is 4.33. The minimum Gasteiger partial charge on any atom is -0.507 e. The van der Waals surface area contributed by atoms with E-state index in [2.05, 4.69) is 15.9 Å². The van der Waals surface area contributed by atoms with Gasteiger partial charge in [0.2, 0.25) is 0 Å². The number of carbonyl (C=O) groups excluding carboxylic acids is 1. The molecule has 2 aromatic rings. The number of hydrogen-bond acceptors (Lipinski definition) is 5. The number of aryl methyl sites for hydroxylation is 1. The van der Waals surface area contributed by atoms with Gasteiger partial charge in [0, 0.05) is 12.1 Å². The van der Waals surface area contributed by atoms with Crippen LogP contribution in [0.25, 0.3) is 0 Å². The first-order valence-electron chi connectivity index (χ1n) is 8.46. The summed E-state index contributed by atoms with van der Waals surface area (Å²) < 4.78 is 17.5. The van der Waals surface area contributed by atoms with E-state index in [4.69, 9.17) is 25.8 Å². The number of rotatable bonds is 6. The van der Waals surface area contributed by atoms with Crippen molar-refractivity contribution in [3.8, 4) is 23.0 Å². The minimum atomic E-state index is -0.432. The van der Waals surface area contributed by atoms with Gasteiger partial charge in [-0.05, 0) is 68.2 Å². The summed E-state index contributed by atoms with van der Waals surface area (Å²) in [6.45, 7) is 9.14. The van der Waals surface area contributed by atoms with Gasteiger partial charge < -0.3 is 19.3 Å². The number of hydrogen-bond donors (Lipinski definition) is 1. The van der Waals surface area contributed by atoms with Crippen molar-refractivity contribution in [3.05, 3.63) is 44.9 Å². The molecule has 0 spiro atoms. The highest BCUT2D eigenvalue weighted by molar-refractivity contribution is 9.10. The van der Waals surface area contributed by atoms with E-state index in [1.807, 2.05) is 13.8 Å². The molecule has 2 rings (SSSR count). The minimum absolute atomic E-state index is 0.00880. The van der Waals surface area contributed by atoms with Gasteiger partial charge in [0.1, 0.15) is 11.5 Å². The first kappa shape index (κ1) is 21.4. The summed E-state index contributed by atoms with van der Waals surface area (Å²) in [7, 11) is 0. The Morgan fingerprint density at radius 1 is 1.07 bits per heavy atom. The number of aromatic hydroxyl groups is 1. The summed E-state index contributed by atoms with van der Waals surface area (Å²) in [6.07, 6.45) is -0.360. The maximum atomic E-state index is 12.3. The Labute approximate surface area is 172 Å². The van der Waals surface area contributed by atoms with Crippen LogP contribution in [0.3, 0.4) is 0 Å². The molecule has 0 aliphatic carbocycles. The standard InChI is InChI=1S/C20H22BrClO5/c1-10(2)25-18-7-13(20(24)26-11(3)4)6-12(5)19(18)27-17-8-14(21)16(23)9-15(17)22/h6-11,23H,1-5H3. The first-order chi connectivity index (χ1) is 12.6. The average molecular weight is 458 g/mol. The van der Waals surface area contributed by atoms with Crippen LogP contribution in [0.2, 0.25) is 5.02 Å². The highest BCUT2D eigenvalue weighted by Crippen LogP contribution is 2.42. The smallest absolute Gasteiger partial charge is 0.338 e. The van der Waals surface area contributed by atoms with Crippen molar-refractivity contribution < 1.29 is 24.1 Å². The van der Waals surface area contributed by atoms with Crippen LogP contribution in [0.1, 0.15) is 43.6 Å². The number of carbonyl (C=O) groups is 1. The Morgan fingerprint density at radius 3 is 2.33 bits per heavy atom. The summed E-state index contributed by atoms with van der Waals surface area (Å²) in [4.78, 5) is 12.3. The van der Waals surface area contributed by atoms with Gasteiger partial charge >= 0.3 is 5.97 Å². The molecule has 0 fully saturated rings. The molecule has 0 saturated heterocycles. The fraction of sp³-hybridized carbons (Fsp3) is 0.350. The fourth-order valence-electron chi connectivity index (χ4n) is 2.32. The Kier molecular flexibility index (Phi) is 7.00. The predicted molar refractivity (Wildman–Crippen MR) is 108 cm³/mol. The molecule has 5 nitrogen and oxygen atoms in total. The highest BCUT2D eigenvalue weighted by Gasteiger charge is 2.20. The Hall–Kier alpha value is -1.92. The third kappa shape index (κ3) is 5.53. The van der Waals surface area contributed by atoms with Crippen molar-refractivity contribution in [2.24, 2.45) is 0 Å². The van der Waals surface area contributed by atoms with Crippen molar-refractivity contribution in [3.63, 3.8) is 0 Å². The van der Waals surface area contributed by atoms with Crippen LogP contribution in [0.4, 0.5) is 0 Å². The summed E-state index contributed by atoms with van der Waals surface area (Å²) >= 11 is 9.42. The molecule has 0 atom stereocenters. The zero-order chi connectivity index (χ0) is 20.3. The molecule has 1 N–H and O–H groups in total. The molecule has 0 unspecified atom stereocenters. The maximum Gasteiger partial charge on any atom is 0.338 e. The van der Waals surface area contributed by atoms with Gasteiger partial charge in [-0.15, -0.1) is 0 Å². The molecule has 0 aromatic heterocycles. The second-order valence-electron chi connectivity index (χ2n) is 6.58. The van der Waals surface area contributed by atoms with Crippen molar-refractivity contribution in [2.45, 2.75) is 46.8 Å². The van der Waals surface area contributed by atoms with Gasteiger partial charge in [0.05, 0.1) is 27.3 Å². The van der Waals surface area contributed by atoms with E-state index in [9.17, 15) is 9.90 Å². The number of benzene rings is 2. The molecule has 0 radical (unpaired) electrons. The number of esters is 1. The number of halogens is 2. The van der Waals surface area contributed by atoms with Crippen molar-refractivity contribution in [2.75, 3.05) is 0 Å². The SMILES string of the molecule is Cc1cc(C(=O)OC(C)C)cc(OC(C)C)c1Oc1cc(Br)c(O)cc1Cl. The topological polar surface area (TPSA) is 65.0 Å². The lowest BCUT2D eigenvalue weighted by atomic mass is 10.1. The fourth-order valence-corrected chi connectivity index (χ4v) is 2.84. The van der Waals surface area contributed by atoms with Crippen molar-refractivity contribution >= 4 is 33.5 Å². The zero-order valence-corrected chi connectivity index (χ0v) is 18.1. The van der Waals surface area contributed by atoms with Gasteiger partial charge in [-0.1, -0.05) is 11.6 Å². The number of ether oxygens (including phenoxy) is 3. The Bertz CT molecular complexity index is 849. The molecule has 2 aromatic carbocycles. The molecule has 0 bridgehead atoms. The van der Waals surface area contributed by atoms with E-state index in [0.29, 0.717) is 32.8 Å². The van der Waals surface area contributed by atoms with Crippen LogP contribution in [-0.4, -0.2) is 23.3 Å². The van der Waals surface area contributed by atoms with Crippen LogP contribution < -0.4 is 9.47 Å². The van der Waals surface area contributed by atoms with Crippen LogP contribution in [-0.2, 0) is 4.74 Å².